The Balaban J connectivity index is 2.35. The van der Waals surface area contributed by atoms with Gasteiger partial charge in [-0.05, 0) is 0 Å². The first-order valence-electron chi connectivity index (χ1n) is 4.90. The van der Waals surface area contributed by atoms with Crippen LogP contribution >= 0.6 is 12.6 Å². The van der Waals surface area contributed by atoms with Crippen molar-refractivity contribution in [2.24, 2.45) is 0 Å². The van der Waals surface area contributed by atoms with Crippen LogP contribution in [0.2, 0.25) is 0 Å². The van der Waals surface area contributed by atoms with Crippen LogP contribution in [0, 0.1) is 6.92 Å². The molecule has 3 nitrogen and oxygen atoms in total. The van der Waals surface area contributed by atoms with Gasteiger partial charge in [0.1, 0.15) is 0 Å². The number of hydrogen-bond acceptors (Lipinski definition) is 3. The molecule has 0 aliphatic heterocycles. The molecule has 1 aromatic carbocycles. The van der Waals surface area contributed by atoms with Crippen molar-refractivity contribution in [1.29, 1.82) is 0 Å². The van der Waals surface area contributed by atoms with Gasteiger partial charge in [0.15, 0.2) is 0 Å². The molecule has 5 heteroatoms. The van der Waals surface area contributed by atoms with Gasteiger partial charge >= 0.3 is 112 Å². The van der Waals surface area contributed by atoms with E-state index in [0.29, 0.717) is 5.75 Å². The maximum absolute atomic E-state index is 10.7. The number of carboxylic acids is 1. The average Bonchev–Trinajstić information content (AvgIpc) is 2.26. The third kappa shape index (κ3) is 4.75. The van der Waals surface area contributed by atoms with Crippen LogP contribution in [0.3, 0.4) is 0 Å². The second kappa shape index (κ2) is 7.18. The van der Waals surface area contributed by atoms with Gasteiger partial charge in [-0.25, -0.2) is 0 Å². The number of thiol groups is 1. The summed E-state index contributed by atoms with van der Waals surface area (Å²) in [5.74, 6) is -0.474. The Bertz CT molecular complexity index is 342. The Morgan fingerprint density at radius 2 is 2.12 bits per heavy atom. The van der Waals surface area contributed by atoms with Gasteiger partial charge in [-0.1, -0.05) is 0 Å². The van der Waals surface area contributed by atoms with Gasteiger partial charge in [0.05, 0.1) is 0 Å². The second-order valence-electron chi connectivity index (χ2n) is 3.47. The van der Waals surface area contributed by atoms with Gasteiger partial charge in [0.2, 0.25) is 0 Å². The van der Waals surface area contributed by atoms with Crippen molar-refractivity contribution in [3.05, 3.63) is 35.4 Å². The fraction of sp³-hybridized carbons (Fsp3) is 0.364. The minimum atomic E-state index is -0.816. The van der Waals surface area contributed by atoms with Crippen LogP contribution in [0.15, 0.2) is 24.3 Å². The summed E-state index contributed by atoms with van der Waals surface area (Å²) in [7, 11) is 0. The summed E-state index contributed by atoms with van der Waals surface area (Å²) < 4.78 is 4.05. The molecule has 0 heterocycles. The van der Waals surface area contributed by atoms with Gasteiger partial charge in [0.25, 0.3) is 0 Å². The summed E-state index contributed by atoms with van der Waals surface area (Å²) in [5.41, 5.74) is 2.51. The number of hydrogen-bond donors (Lipinski definition) is 3. The second-order valence-corrected chi connectivity index (χ2v) is 6.15. The summed E-state index contributed by atoms with van der Waals surface area (Å²) in [4.78, 5) is 10.7. The van der Waals surface area contributed by atoms with Crippen LogP contribution < -0.4 is 3.57 Å². The topological polar surface area (TPSA) is 49.3 Å². The van der Waals surface area contributed by atoms with E-state index in [1.165, 1.54) is 11.1 Å². The molecule has 0 bridgehead atoms. The summed E-state index contributed by atoms with van der Waals surface area (Å²) in [6.07, 6.45) is 0. The van der Waals surface area contributed by atoms with E-state index in [1.807, 2.05) is 0 Å². The van der Waals surface area contributed by atoms with E-state index in [0.717, 1.165) is 4.47 Å². The molecule has 1 unspecified atom stereocenters. The number of carboxylic acid groups (broad SMARTS) is 1. The van der Waals surface area contributed by atoms with E-state index in [4.69, 9.17) is 5.11 Å². The van der Waals surface area contributed by atoms with E-state index < -0.39 is 33.2 Å². The molecule has 1 rings (SSSR count). The third-order valence-electron chi connectivity index (χ3n) is 2.07. The molecule has 88 valence electrons. The molecule has 2 N–H and O–H groups in total. The number of carbonyl (C=O) groups is 1. The normalized spacial score (nSPS) is 12.4. The van der Waals surface area contributed by atoms with Crippen LogP contribution in [-0.4, -0.2) is 44.1 Å². The molecule has 0 aromatic heterocycles. The molecule has 0 saturated heterocycles. The molecule has 0 fully saturated rings. The predicted octanol–water partition coefficient (Wildman–Crippen LogP) is 1.09. The van der Waals surface area contributed by atoms with Crippen molar-refractivity contribution in [3.63, 3.8) is 0 Å². The van der Waals surface area contributed by atoms with Crippen molar-refractivity contribution in [2.75, 3.05) is 5.75 Å². The first-order chi connectivity index (χ1) is 7.63. The molecule has 0 aliphatic carbocycles. The Morgan fingerprint density at radius 3 is 2.62 bits per heavy atom. The van der Waals surface area contributed by atoms with Crippen molar-refractivity contribution >= 4 is 39.8 Å². The number of aryl methyl sites for hydroxylation is 1. The Kier molecular flexibility index (Phi) is 6.22. The van der Waals surface area contributed by atoms with E-state index >= 15 is 0 Å². The molecule has 0 radical (unpaired) electrons. The molecule has 0 aliphatic rings. The summed E-state index contributed by atoms with van der Waals surface area (Å²) in [5, 5.41) is 8.82. The summed E-state index contributed by atoms with van der Waals surface area (Å²) in [6, 6.07) is 7.85. The van der Waals surface area contributed by atoms with Crippen LogP contribution in [0.4, 0.5) is 0 Å². The molecular weight excluding hydrogens is 338 g/mol. The Morgan fingerprint density at radius 1 is 1.50 bits per heavy atom. The monoisotopic (exact) mass is 355 g/mol. The van der Waals surface area contributed by atoms with Crippen molar-refractivity contribution < 1.29 is 9.90 Å². The minimum absolute atomic E-state index is 0.341. The first kappa shape index (κ1) is 13.9. The average molecular weight is 353 g/mol. The van der Waals surface area contributed by atoms with Crippen LogP contribution in [0.25, 0.3) is 0 Å². The number of aliphatic carboxylic acids is 1. The zero-order chi connectivity index (χ0) is 12.0. The van der Waals surface area contributed by atoms with Gasteiger partial charge in [-0.3, -0.25) is 0 Å². The third-order valence-corrected chi connectivity index (χ3v) is 5.08. The molecular formula is C11H15NO2STe. The van der Waals surface area contributed by atoms with Crippen molar-refractivity contribution in [1.82, 2.24) is 3.57 Å². The molecule has 0 saturated carbocycles. The fourth-order valence-corrected chi connectivity index (χ4v) is 4.07. The first-order valence-corrected chi connectivity index (χ1v) is 8.34. The molecule has 1 aromatic rings. The van der Waals surface area contributed by atoms with Gasteiger partial charge in [-0.2, -0.15) is 0 Å². The fourth-order valence-electron chi connectivity index (χ4n) is 1.08. The van der Waals surface area contributed by atoms with Crippen molar-refractivity contribution in [3.8, 4) is 0 Å². The van der Waals surface area contributed by atoms with Crippen molar-refractivity contribution in [2.45, 2.75) is 17.4 Å². The summed E-state index contributed by atoms with van der Waals surface area (Å²) >= 11 is 3.50. The van der Waals surface area contributed by atoms with Crippen LogP contribution in [0.1, 0.15) is 11.1 Å². The standard InChI is InChI=1S/C11H15NO2STe/c1-8-2-4-9(5-3-8)7-16-12-10(6-15)11(13)14/h2-5,10,12,15H,6-7H2,1H3,(H,13,14). The van der Waals surface area contributed by atoms with Gasteiger partial charge < -0.3 is 0 Å². The molecule has 1 atom stereocenters. The van der Waals surface area contributed by atoms with E-state index in [-0.39, 0.29) is 0 Å². The number of nitrogens with one attached hydrogen (secondary N) is 1. The quantitative estimate of drug-likeness (QED) is 0.530. The van der Waals surface area contributed by atoms with E-state index in [1.54, 1.807) is 0 Å². The zero-order valence-corrected chi connectivity index (χ0v) is 12.2. The van der Waals surface area contributed by atoms with E-state index in [2.05, 4.69) is 47.4 Å². The van der Waals surface area contributed by atoms with Gasteiger partial charge in [0, 0.05) is 0 Å². The van der Waals surface area contributed by atoms with Crippen LogP contribution in [-0.2, 0) is 9.26 Å². The Hall–Kier alpha value is -0.210. The number of rotatable bonds is 6. The van der Waals surface area contributed by atoms with E-state index in [9.17, 15) is 4.79 Å². The molecule has 0 spiro atoms. The summed E-state index contributed by atoms with van der Waals surface area (Å²) in [6.45, 7) is 2.06. The molecule has 16 heavy (non-hydrogen) atoms. The SMILES string of the molecule is Cc1ccc(C[Te]NC(CS)C(=O)O)cc1. The Labute approximate surface area is 111 Å². The molecule has 0 amide bonds. The zero-order valence-electron chi connectivity index (χ0n) is 9.01. The van der Waals surface area contributed by atoms with Crippen LogP contribution in [0.5, 0.6) is 0 Å². The maximum atomic E-state index is 10.7. The predicted molar refractivity (Wildman–Crippen MR) is 69.0 cm³/mol. The van der Waals surface area contributed by atoms with Gasteiger partial charge in [-0.15, -0.1) is 0 Å². The number of benzene rings is 1.